The van der Waals surface area contributed by atoms with Crippen molar-refractivity contribution in [1.82, 2.24) is 4.90 Å². The number of hydrogen-bond acceptors (Lipinski definition) is 5. The number of rotatable bonds is 9. The molecular formula is C35H45FN2O3. The van der Waals surface area contributed by atoms with E-state index in [0.29, 0.717) is 42.4 Å². The predicted molar refractivity (Wildman–Crippen MR) is 165 cm³/mol. The van der Waals surface area contributed by atoms with Crippen LogP contribution >= 0.6 is 0 Å². The lowest BCUT2D eigenvalue weighted by atomic mass is 9.79. The molecule has 1 N–H and O–H groups in total. The molecular weight excluding hydrogens is 515 g/mol. The second kappa shape index (κ2) is 12.7. The van der Waals surface area contributed by atoms with Crippen LogP contribution < -0.4 is 14.4 Å². The summed E-state index contributed by atoms with van der Waals surface area (Å²) in [6, 6.07) is 11.6. The van der Waals surface area contributed by atoms with Crippen LogP contribution in [0.4, 0.5) is 10.1 Å². The van der Waals surface area contributed by atoms with Crippen LogP contribution in [0.3, 0.4) is 0 Å². The van der Waals surface area contributed by atoms with Crippen molar-refractivity contribution in [3.63, 3.8) is 0 Å². The molecule has 6 heteroatoms. The van der Waals surface area contributed by atoms with E-state index < -0.39 is 0 Å². The molecule has 0 saturated carbocycles. The first kappa shape index (κ1) is 29.2. The van der Waals surface area contributed by atoms with Gasteiger partial charge in [0.25, 0.3) is 0 Å². The Morgan fingerprint density at radius 2 is 2.00 bits per heavy atom. The second-order valence-electron chi connectivity index (χ2n) is 12.7. The fourth-order valence-corrected chi connectivity index (χ4v) is 6.64. The summed E-state index contributed by atoms with van der Waals surface area (Å²) in [5.41, 5.74) is 6.14. The standard InChI is InChI=1S/C35H45FN2O3/c1-35(2)15-6-16-38(24-35)17-18-41-34-14-9-25(19-32(34)36)23-37(3)33-22-30(40-4)12-13-31(33)28-11-10-27-21-29(39)8-5-7-26(27)20-28/h5,7,9,12-14,19,21-22,28,39H,6,8,10-11,15-18,20,23-24H2,1-4H3. The van der Waals surface area contributed by atoms with Gasteiger partial charge in [-0.3, -0.25) is 4.90 Å². The minimum atomic E-state index is -0.316. The summed E-state index contributed by atoms with van der Waals surface area (Å²) >= 11 is 0. The molecule has 41 heavy (non-hydrogen) atoms. The second-order valence-corrected chi connectivity index (χ2v) is 12.7. The molecule has 0 amide bonds. The van der Waals surface area contributed by atoms with Crippen molar-refractivity contribution in [2.24, 2.45) is 5.41 Å². The van der Waals surface area contributed by atoms with Crippen LogP contribution in [0.2, 0.25) is 0 Å². The largest absolute Gasteiger partial charge is 0.512 e. The highest BCUT2D eigenvalue weighted by Gasteiger charge is 2.27. The maximum Gasteiger partial charge on any atom is 0.165 e. The summed E-state index contributed by atoms with van der Waals surface area (Å²) in [6.07, 6.45) is 12.1. The molecule has 220 valence electrons. The lowest BCUT2D eigenvalue weighted by Crippen LogP contribution is -2.41. The summed E-state index contributed by atoms with van der Waals surface area (Å²) in [7, 11) is 3.74. The van der Waals surface area contributed by atoms with E-state index >= 15 is 4.39 Å². The fraction of sp³-hybridized carbons (Fsp3) is 0.486. The predicted octanol–water partition coefficient (Wildman–Crippen LogP) is 7.94. The zero-order valence-corrected chi connectivity index (χ0v) is 25.1. The lowest BCUT2D eigenvalue weighted by molar-refractivity contribution is 0.101. The molecule has 0 spiro atoms. The van der Waals surface area contributed by atoms with E-state index in [9.17, 15) is 5.11 Å². The minimum Gasteiger partial charge on any atom is -0.512 e. The third-order valence-electron chi connectivity index (χ3n) is 8.78. The van der Waals surface area contributed by atoms with Crippen LogP contribution in [0.15, 0.2) is 71.5 Å². The third kappa shape index (κ3) is 7.34. The number of ether oxygens (including phenoxy) is 2. The molecule has 1 saturated heterocycles. The maximum absolute atomic E-state index is 15.1. The van der Waals surface area contributed by atoms with Crippen LogP contribution in [-0.4, -0.2) is 50.4 Å². The number of halogens is 1. The first-order chi connectivity index (χ1) is 19.7. The maximum atomic E-state index is 15.1. The van der Waals surface area contributed by atoms with Crippen molar-refractivity contribution in [2.45, 2.75) is 64.8 Å². The molecule has 1 fully saturated rings. The number of nitrogens with zero attached hydrogens (tertiary/aromatic N) is 2. The first-order valence-corrected chi connectivity index (χ1v) is 15.0. The van der Waals surface area contributed by atoms with Crippen LogP contribution in [0.5, 0.6) is 11.5 Å². The van der Waals surface area contributed by atoms with Gasteiger partial charge < -0.3 is 19.5 Å². The number of piperidine rings is 1. The van der Waals surface area contributed by atoms with Gasteiger partial charge in [0.15, 0.2) is 11.6 Å². The van der Waals surface area contributed by atoms with Crippen molar-refractivity contribution in [1.29, 1.82) is 0 Å². The molecule has 2 aliphatic carbocycles. The number of aliphatic hydroxyl groups excluding tert-OH is 1. The van der Waals surface area contributed by atoms with Gasteiger partial charge in [0, 0.05) is 44.9 Å². The normalized spacial score (nSPS) is 20.7. The van der Waals surface area contributed by atoms with E-state index in [0.717, 1.165) is 55.9 Å². The topological polar surface area (TPSA) is 45.2 Å². The Hall–Kier alpha value is -3.25. The van der Waals surface area contributed by atoms with E-state index in [1.807, 2.05) is 24.3 Å². The molecule has 0 bridgehead atoms. The summed E-state index contributed by atoms with van der Waals surface area (Å²) < 4.78 is 26.5. The van der Waals surface area contributed by atoms with Crippen molar-refractivity contribution in [3.8, 4) is 11.5 Å². The summed E-state index contributed by atoms with van der Waals surface area (Å²) in [5, 5.41) is 10.1. The average molecular weight is 561 g/mol. The highest BCUT2D eigenvalue weighted by Crippen LogP contribution is 2.43. The Balaban J connectivity index is 1.26. The Kier molecular flexibility index (Phi) is 9.08. The smallest absolute Gasteiger partial charge is 0.165 e. The summed E-state index contributed by atoms with van der Waals surface area (Å²) in [5.74, 6) is 1.60. The minimum absolute atomic E-state index is 0.316. The van der Waals surface area contributed by atoms with E-state index in [-0.39, 0.29) is 5.82 Å². The van der Waals surface area contributed by atoms with Gasteiger partial charge in [-0.15, -0.1) is 0 Å². The number of hydrogen-bond donors (Lipinski definition) is 1. The number of benzene rings is 2. The number of anilines is 1. The van der Waals surface area contributed by atoms with Gasteiger partial charge >= 0.3 is 0 Å². The summed E-state index contributed by atoms with van der Waals surface area (Å²) in [6.45, 7) is 8.65. The van der Waals surface area contributed by atoms with E-state index in [4.69, 9.17) is 9.47 Å². The zero-order valence-electron chi connectivity index (χ0n) is 25.1. The Bertz CT molecular complexity index is 1330. The summed E-state index contributed by atoms with van der Waals surface area (Å²) in [4.78, 5) is 4.61. The Morgan fingerprint density at radius 3 is 2.78 bits per heavy atom. The highest BCUT2D eigenvalue weighted by atomic mass is 19.1. The van der Waals surface area contributed by atoms with Gasteiger partial charge in [0.05, 0.1) is 12.9 Å². The average Bonchev–Trinajstić information content (AvgIpc) is 3.13. The molecule has 5 nitrogen and oxygen atoms in total. The van der Waals surface area contributed by atoms with Gasteiger partial charge in [-0.1, -0.05) is 38.1 Å². The number of methoxy groups -OCH3 is 1. The van der Waals surface area contributed by atoms with Gasteiger partial charge in [0.1, 0.15) is 12.4 Å². The lowest BCUT2D eigenvalue weighted by Gasteiger charge is -2.37. The molecule has 3 aliphatic rings. The van der Waals surface area contributed by atoms with Crippen LogP contribution in [-0.2, 0) is 6.54 Å². The van der Waals surface area contributed by atoms with Gasteiger partial charge in [-0.05, 0) is 96.5 Å². The SMILES string of the molecule is COc1ccc(C2CCC3=C(C=CCC(O)=C3)C2)c(N(C)Cc2ccc(OCCN3CCCC(C)(C)C3)c(F)c2)c1. The first-order valence-electron chi connectivity index (χ1n) is 15.0. The molecule has 2 aromatic carbocycles. The fourth-order valence-electron chi connectivity index (χ4n) is 6.64. The Labute approximate surface area is 245 Å². The molecule has 1 unspecified atom stereocenters. The van der Waals surface area contributed by atoms with Crippen LogP contribution in [0, 0.1) is 11.2 Å². The number of allylic oxidation sites excluding steroid dienone is 5. The molecule has 1 atom stereocenters. The van der Waals surface area contributed by atoms with Crippen molar-refractivity contribution in [3.05, 3.63) is 88.5 Å². The van der Waals surface area contributed by atoms with Gasteiger partial charge in [-0.2, -0.15) is 0 Å². The zero-order chi connectivity index (χ0) is 29.0. The molecule has 1 heterocycles. The molecule has 0 aromatic heterocycles. The van der Waals surface area contributed by atoms with Gasteiger partial charge in [-0.25, -0.2) is 4.39 Å². The van der Waals surface area contributed by atoms with Crippen molar-refractivity contribution in [2.75, 3.05) is 45.3 Å². The van der Waals surface area contributed by atoms with Crippen LogP contribution in [0.1, 0.15) is 69.4 Å². The van der Waals surface area contributed by atoms with Crippen LogP contribution in [0.25, 0.3) is 0 Å². The van der Waals surface area contributed by atoms with Crippen molar-refractivity contribution < 1.29 is 19.0 Å². The monoisotopic (exact) mass is 560 g/mol. The quantitative estimate of drug-likeness (QED) is 0.337. The van der Waals surface area contributed by atoms with E-state index in [1.165, 1.54) is 29.6 Å². The van der Waals surface area contributed by atoms with E-state index in [1.54, 1.807) is 19.2 Å². The number of likely N-dealkylation sites (tertiary alicyclic amines) is 1. The molecule has 1 aliphatic heterocycles. The van der Waals surface area contributed by atoms with Gasteiger partial charge in [0.2, 0.25) is 0 Å². The third-order valence-corrected chi connectivity index (χ3v) is 8.78. The number of aliphatic hydroxyl groups is 1. The van der Waals surface area contributed by atoms with Crippen molar-refractivity contribution >= 4 is 5.69 Å². The Morgan fingerprint density at radius 1 is 1.15 bits per heavy atom. The molecule has 5 rings (SSSR count). The molecule has 0 radical (unpaired) electrons. The molecule has 2 aromatic rings. The van der Waals surface area contributed by atoms with E-state index in [2.05, 4.69) is 48.9 Å². The highest BCUT2D eigenvalue weighted by molar-refractivity contribution is 5.59.